The third-order valence-electron chi connectivity index (χ3n) is 2.59. The summed E-state index contributed by atoms with van der Waals surface area (Å²) in [6.07, 6.45) is 0.642. The van der Waals surface area contributed by atoms with Gasteiger partial charge in [0.1, 0.15) is 6.10 Å². The van der Waals surface area contributed by atoms with Gasteiger partial charge in [-0.1, -0.05) is 13.8 Å². The number of methoxy groups -OCH3 is 1. The summed E-state index contributed by atoms with van der Waals surface area (Å²) in [6, 6.07) is 3.47. The Labute approximate surface area is 109 Å². The molecule has 0 aliphatic carbocycles. The lowest BCUT2D eigenvalue weighted by Gasteiger charge is -2.23. The Morgan fingerprint density at radius 2 is 2.12 bits per heavy atom. The van der Waals surface area contributed by atoms with Gasteiger partial charge in [-0.05, 0) is 34.0 Å². The van der Waals surface area contributed by atoms with Crippen molar-refractivity contribution in [1.29, 1.82) is 0 Å². The molecule has 17 heavy (non-hydrogen) atoms. The predicted molar refractivity (Wildman–Crippen MR) is 67.2 cm³/mol. The van der Waals surface area contributed by atoms with Crippen LogP contribution in [0.2, 0.25) is 0 Å². The Kier molecular flexibility index (Phi) is 5.08. The number of hydrogen-bond acceptors (Lipinski definition) is 4. The second-order valence-corrected chi connectivity index (χ2v) is 5.05. The summed E-state index contributed by atoms with van der Waals surface area (Å²) in [5.74, 6) is -1.05. The molecule has 0 aliphatic heterocycles. The van der Waals surface area contributed by atoms with Crippen LogP contribution in [0.15, 0.2) is 22.8 Å². The van der Waals surface area contributed by atoms with Crippen molar-refractivity contribution in [2.45, 2.75) is 20.0 Å². The minimum absolute atomic E-state index is 0.0251. The maximum atomic E-state index is 11.6. The van der Waals surface area contributed by atoms with Crippen molar-refractivity contribution in [3.8, 4) is 0 Å². The van der Waals surface area contributed by atoms with Crippen LogP contribution in [-0.2, 0) is 9.53 Å². The molecule has 0 saturated heterocycles. The number of aliphatic hydroxyl groups is 1. The fraction of sp³-hybridized carbons (Fsp3) is 0.500. The summed E-state index contributed by atoms with van der Waals surface area (Å²) in [6.45, 7) is 3.73. The summed E-state index contributed by atoms with van der Waals surface area (Å²) in [5, 5.41) is 10.2. The van der Waals surface area contributed by atoms with Gasteiger partial charge in [0.15, 0.2) is 0 Å². The van der Waals surface area contributed by atoms with Gasteiger partial charge in [-0.2, -0.15) is 0 Å². The number of carbonyl (C=O) groups is 1. The zero-order valence-corrected chi connectivity index (χ0v) is 11.6. The number of aromatic nitrogens is 1. The van der Waals surface area contributed by atoms with Crippen molar-refractivity contribution in [3.63, 3.8) is 0 Å². The standard InChI is InChI=1S/C12H16BrNO3/c1-7(2)10(12(16)17-3)11(15)9-5-4-8(13)6-14-9/h4-7,10-11,15H,1-3H3. The van der Waals surface area contributed by atoms with Crippen LogP contribution < -0.4 is 0 Å². The number of nitrogens with zero attached hydrogens (tertiary/aromatic N) is 1. The molecule has 4 nitrogen and oxygen atoms in total. The SMILES string of the molecule is COC(=O)C(C(C)C)C(O)c1ccc(Br)cn1. The highest BCUT2D eigenvalue weighted by Crippen LogP contribution is 2.28. The molecule has 5 heteroatoms. The van der Waals surface area contributed by atoms with Crippen LogP contribution in [0.25, 0.3) is 0 Å². The molecule has 2 atom stereocenters. The van der Waals surface area contributed by atoms with E-state index in [1.807, 2.05) is 13.8 Å². The highest BCUT2D eigenvalue weighted by Gasteiger charge is 2.32. The fourth-order valence-electron chi connectivity index (χ4n) is 1.65. The predicted octanol–water partition coefficient (Wildman–Crippen LogP) is 2.32. The van der Waals surface area contributed by atoms with Gasteiger partial charge in [-0.15, -0.1) is 0 Å². The molecule has 1 rings (SSSR count). The van der Waals surface area contributed by atoms with Crippen LogP contribution in [0.3, 0.4) is 0 Å². The first-order valence-corrected chi connectivity index (χ1v) is 6.14. The average Bonchev–Trinajstić information content (AvgIpc) is 2.29. The molecule has 0 aliphatic rings. The van der Waals surface area contributed by atoms with Gasteiger partial charge in [-0.3, -0.25) is 9.78 Å². The molecular formula is C12H16BrNO3. The first-order chi connectivity index (χ1) is 7.97. The molecule has 0 fully saturated rings. The molecule has 0 amide bonds. The topological polar surface area (TPSA) is 59.4 Å². The molecule has 2 unspecified atom stereocenters. The van der Waals surface area contributed by atoms with Crippen molar-refractivity contribution >= 4 is 21.9 Å². The first kappa shape index (κ1) is 14.1. The highest BCUT2D eigenvalue weighted by atomic mass is 79.9. The van der Waals surface area contributed by atoms with Crippen LogP contribution in [0.5, 0.6) is 0 Å². The Morgan fingerprint density at radius 3 is 2.53 bits per heavy atom. The van der Waals surface area contributed by atoms with Crippen LogP contribution in [-0.4, -0.2) is 23.2 Å². The zero-order valence-electron chi connectivity index (χ0n) is 10.1. The number of pyridine rings is 1. The van der Waals surface area contributed by atoms with Gasteiger partial charge in [0.25, 0.3) is 0 Å². The molecule has 1 aromatic rings. The number of aliphatic hydroxyl groups excluding tert-OH is 1. The van der Waals surface area contributed by atoms with Crippen molar-refractivity contribution in [1.82, 2.24) is 4.98 Å². The molecule has 0 radical (unpaired) electrons. The summed E-state index contributed by atoms with van der Waals surface area (Å²) in [7, 11) is 1.32. The number of hydrogen-bond donors (Lipinski definition) is 1. The molecule has 0 bridgehead atoms. The number of ether oxygens (including phenoxy) is 1. The highest BCUT2D eigenvalue weighted by molar-refractivity contribution is 9.10. The summed E-state index contributed by atoms with van der Waals surface area (Å²) in [4.78, 5) is 15.7. The third-order valence-corrected chi connectivity index (χ3v) is 3.05. The minimum Gasteiger partial charge on any atom is -0.469 e. The van der Waals surface area contributed by atoms with Crippen LogP contribution in [0.1, 0.15) is 25.6 Å². The van der Waals surface area contributed by atoms with E-state index in [4.69, 9.17) is 4.74 Å². The smallest absolute Gasteiger partial charge is 0.311 e. The van der Waals surface area contributed by atoms with Gasteiger partial charge < -0.3 is 9.84 Å². The fourth-order valence-corrected chi connectivity index (χ4v) is 1.88. The minimum atomic E-state index is -0.949. The maximum absolute atomic E-state index is 11.6. The van der Waals surface area contributed by atoms with E-state index in [1.165, 1.54) is 7.11 Å². The van der Waals surface area contributed by atoms with E-state index in [2.05, 4.69) is 20.9 Å². The van der Waals surface area contributed by atoms with Crippen LogP contribution in [0, 0.1) is 11.8 Å². The van der Waals surface area contributed by atoms with Gasteiger partial charge in [0.2, 0.25) is 0 Å². The van der Waals surface area contributed by atoms with Crippen molar-refractivity contribution < 1.29 is 14.6 Å². The molecule has 94 valence electrons. The summed E-state index contributed by atoms with van der Waals surface area (Å²) < 4.78 is 5.53. The first-order valence-electron chi connectivity index (χ1n) is 5.34. The third kappa shape index (κ3) is 3.51. The van der Waals surface area contributed by atoms with Gasteiger partial charge >= 0.3 is 5.97 Å². The zero-order chi connectivity index (χ0) is 13.0. The average molecular weight is 302 g/mol. The van der Waals surface area contributed by atoms with Crippen molar-refractivity contribution in [2.75, 3.05) is 7.11 Å². The Hall–Kier alpha value is -0.940. The normalized spacial score (nSPS) is 14.5. The Balaban J connectivity index is 2.95. The summed E-state index contributed by atoms with van der Waals surface area (Å²) >= 11 is 3.27. The Bertz CT molecular complexity index is 378. The second-order valence-electron chi connectivity index (χ2n) is 4.14. The quantitative estimate of drug-likeness (QED) is 0.867. The lowest BCUT2D eigenvalue weighted by atomic mass is 9.88. The number of halogens is 1. The van der Waals surface area contributed by atoms with Crippen molar-refractivity contribution in [3.05, 3.63) is 28.5 Å². The maximum Gasteiger partial charge on any atom is 0.311 e. The van der Waals surface area contributed by atoms with Gasteiger partial charge in [-0.25, -0.2) is 0 Å². The van der Waals surface area contributed by atoms with Crippen LogP contribution >= 0.6 is 15.9 Å². The van der Waals surface area contributed by atoms with E-state index in [0.717, 1.165) is 4.47 Å². The molecule has 1 heterocycles. The summed E-state index contributed by atoms with van der Waals surface area (Å²) in [5.41, 5.74) is 0.470. The number of rotatable bonds is 4. The monoisotopic (exact) mass is 301 g/mol. The number of carbonyl (C=O) groups excluding carboxylic acids is 1. The molecule has 1 N–H and O–H groups in total. The van der Waals surface area contributed by atoms with E-state index in [-0.39, 0.29) is 5.92 Å². The van der Waals surface area contributed by atoms with Gasteiger partial charge in [0.05, 0.1) is 18.7 Å². The van der Waals surface area contributed by atoms with E-state index < -0.39 is 18.0 Å². The molecular weight excluding hydrogens is 286 g/mol. The second kappa shape index (κ2) is 6.12. The number of esters is 1. The van der Waals surface area contributed by atoms with Crippen molar-refractivity contribution in [2.24, 2.45) is 11.8 Å². The molecule has 0 saturated carbocycles. The lowest BCUT2D eigenvalue weighted by molar-refractivity contribution is -0.152. The largest absolute Gasteiger partial charge is 0.469 e. The molecule has 0 aromatic carbocycles. The molecule has 1 aromatic heterocycles. The van der Waals surface area contributed by atoms with Gasteiger partial charge in [0, 0.05) is 10.7 Å². The lowest BCUT2D eigenvalue weighted by Crippen LogP contribution is -2.28. The van der Waals surface area contributed by atoms with Crippen LogP contribution in [0.4, 0.5) is 0 Å². The van der Waals surface area contributed by atoms with E-state index in [0.29, 0.717) is 5.69 Å². The Morgan fingerprint density at radius 1 is 1.47 bits per heavy atom. The molecule has 0 spiro atoms. The van der Waals surface area contributed by atoms with E-state index in [1.54, 1.807) is 18.3 Å². The van der Waals surface area contributed by atoms with E-state index >= 15 is 0 Å². The van der Waals surface area contributed by atoms with E-state index in [9.17, 15) is 9.90 Å².